The maximum Gasteiger partial charge on any atom is 0.234 e. The van der Waals surface area contributed by atoms with Crippen LogP contribution in [-0.4, -0.2) is 26.3 Å². The van der Waals surface area contributed by atoms with E-state index in [9.17, 15) is 4.79 Å². The van der Waals surface area contributed by atoms with E-state index in [1.54, 1.807) is 23.1 Å². The third-order valence-electron chi connectivity index (χ3n) is 4.95. The summed E-state index contributed by atoms with van der Waals surface area (Å²) >= 11 is 3.35. The van der Waals surface area contributed by atoms with Gasteiger partial charge in [-0.2, -0.15) is 5.10 Å². The Labute approximate surface area is 177 Å². The summed E-state index contributed by atoms with van der Waals surface area (Å²) in [6.07, 6.45) is 2.08. The van der Waals surface area contributed by atoms with Crippen molar-refractivity contribution in [2.24, 2.45) is 0 Å². The second-order valence-corrected chi connectivity index (χ2v) is 8.88. The van der Waals surface area contributed by atoms with Gasteiger partial charge in [-0.3, -0.25) is 4.79 Å². The number of hydrogen-bond acceptors (Lipinski definition) is 4. The summed E-state index contributed by atoms with van der Waals surface area (Å²) in [5.41, 5.74) is 4.19. The van der Waals surface area contributed by atoms with E-state index in [1.807, 2.05) is 64.2 Å². The van der Waals surface area contributed by atoms with Crippen molar-refractivity contribution in [1.29, 1.82) is 0 Å². The first kappa shape index (κ1) is 18.2. The maximum absolute atomic E-state index is 12.7. The van der Waals surface area contributed by atoms with Crippen LogP contribution >= 0.6 is 23.1 Å². The van der Waals surface area contributed by atoms with Crippen LogP contribution in [-0.2, 0) is 11.3 Å². The Kier molecular flexibility index (Phi) is 4.96. The van der Waals surface area contributed by atoms with Crippen LogP contribution in [0.25, 0.3) is 16.3 Å². The van der Waals surface area contributed by atoms with Crippen molar-refractivity contribution in [1.82, 2.24) is 14.7 Å². The summed E-state index contributed by atoms with van der Waals surface area (Å²) in [7, 11) is 0. The number of rotatable bonds is 5. The molecule has 2 aromatic carbocycles. The summed E-state index contributed by atoms with van der Waals surface area (Å²) in [5, 5.41) is 6.93. The lowest BCUT2D eigenvalue weighted by Gasteiger charge is -2.24. The molecule has 3 heterocycles. The number of carbonyl (C=O) groups is 1. The first-order valence-electron chi connectivity index (χ1n) is 9.43. The summed E-state index contributed by atoms with van der Waals surface area (Å²) in [5.74, 6) is 0.672. The predicted molar refractivity (Wildman–Crippen MR) is 119 cm³/mol. The number of thiophene rings is 1. The van der Waals surface area contributed by atoms with Crippen LogP contribution in [0.3, 0.4) is 0 Å². The molecule has 0 unspecified atom stereocenters. The quantitative estimate of drug-likeness (QED) is 0.438. The number of carbonyl (C=O) groups excluding carboxylic acids is 1. The Bertz CT molecular complexity index is 1110. The molecular weight excluding hydrogens is 398 g/mol. The van der Waals surface area contributed by atoms with Crippen LogP contribution in [0.5, 0.6) is 0 Å². The molecule has 144 valence electrons. The lowest BCUT2D eigenvalue weighted by Crippen LogP contribution is -2.27. The monoisotopic (exact) mass is 417 g/mol. The van der Waals surface area contributed by atoms with Crippen molar-refractivity contribution in [2.75, 3.05) is 5.75 Å². The van der Waals surface area contributed by atoms with Crippen molar-refractivity contribution in [3.05, 3.63) is 95.5 Å². The fourth-order valence-electron chi connectivity index (χ4n) is 3.55. The van der Waals surface area contributed by atoms with E-state index in [0.29, 0.717) is 12.3 Å². The maximum atomic E-state index is 12.7. The molecule has 1 aliphatic heterocycles. The van der Waals surface area contributed by atoms with Gasteiger partial charge in [0.1, 0.15) is 11.1 Å². The highest BCUT2D eigenvalue weighted by molar-refractivity contribution is 8.00. The molecule has 1 fully saturated rings. The van der Waals surface area contributed by atoms with Gasteiger partial charge in [0.15, 0.2) is 0 Å². The van der Waals surface area contributed by atoms with Gasteiger partial charge in [-0.05, 0) is 29.1 Å². The zero-order valence-electron chi connectivity index (χ0n) is 15.6. The highest BCUT2D eigenvalue weighted by Crippen LogP contribution is 2.44. The molecule has 4 nitrogen and oxygen atoms in total. The molecular formula is C23H19N3OS2. The number of hydrogen-bond donors (Lipinski definition) is 0. The van der Waals surface area contributed by atoms with Crippen LogP contribution in [0.1, 0.15) is 16.5 Å². The van der Waals surface area contributed by atoms with E-state index in [0.717, 1.165) is 27.4 Å². The zero-order chi connectivity index (χ0) is 19.6. The molecule has 1 atom stereocenters. The predicted octanol–water partition coefficient (Wildman–Crippen LogP) is 5.38. The van der Waals surface area contributed by atoms with Crippen LogP contribution in [0.2, 0.25) is 0 Å². The Morgan fingerprint density at radius 1 is 0.966 bits per heavy atom. The van der Waals surface area contributed by atoms with E-state index in [2.05, 4.69) is 29.8 Å². The summed E-state index contributed by atoms with van der Waals surface area (Å²) < 4.78 is 1.93. The van der Waals surface area contributed by atoms with Gasteiger partial charge >= 0.3 is 0 Å². The first-order valence-corrected chi connectivity index (χ1v) is 11.4. The van der Waals surface area contributed by atoms with Crippen molar-refractivity contribution in [3.8, 4) is 16.3 Å². The second-order valence-electron chi connectivity index (χ2n) is 6.86. The third kappa shape index (κ3) is 3.61. The molecule has 2 aromatic heterocycles. The summed E-state index contributed by atoms with van der Waals surface area (Å²) in [4.78, 5) is 15.8. The standard InChI is InChI=1S/C23H19N3OS2/c27-21-16-29-23(25(21)14-17-8-3-1-4-9-17)19-15-26(18-10-5-2-6-11-18)24-22(19)20-12-7-13-28-20/h1-13,15,23H,14,16H2/t23-/m0/s1. The van der Waals surface area contributed by atoms with Crippen LogP contribution < -0.4 is 0 Å². The Balaban J connectivity index is 1.56. The van der Waals surface area contributed by atoms with E-state index < -0.39 is 0 Å². The van der Waals surface area contributed by atoms with Crippen LogP contribution in [0.15, 0.2) is 84.4 Å². The molecule has 0 aliphatic carbocycles. The average Bonchev–Trinajstić information content (AvgIpc) is 3.50. The fraction of sp³-hybridized carbons (Fsp3) is 0.130. The first-order chi connectivity index (χ1) is 14.3. The van der Waals surface area contributed by atoms with Gasteiger partial charge in [0.2, 0.25) is 5.91 Å². The molecule has 0 bridgehead atoms. The molecule has 1 saturated heterocycles. The van der Waals surface area contributed by atoms with Crippen molar-refractivity contribution in [2.45, 2.75) is 11.9 Å². The molecule has 0 spiro atoms. The summed E-state index contributed by atoms with van der Waals surface area (Å²) in [6, 6.07) is 24.4. The minimum absolute atomic E-state index is 0.0442. The number of aromatic nitrogens is 2. The van der Waals surface area contributed by atoms with Gasteiger partial charge in [-0.1, -0.05) is 54.6 Å². The third-order valence-corrected chi connectivity index (χ3v) is 7.06. The van der Waals surface area contributed by atoms with Crippen molar-refractivity contribution in [3.63, 3.8) is 0 Å². The number of amides is 1. The van der Waals surface area contributed by atoms with Crippen molar-refractivity contribution >= 4 is 29.0 Å². The van der Waals surface area contributed by atoms with Gasteiger partial charge < -0.3 is 4.90 Å². The average molecular weight is 418 g/mol. The molecule has 4 aromatic rings. The van der Waals surface area contributed by atoms with Crippen LogP contribution in [0.4, 0.5) is 0 Å². The topological polar surface area (TPSA) is 38.1 Å². The molecule has 29 heavy (non-hydrogen) atoms. The van der Waals surface area contributed by atoms with Crippen molar-refractivity contribution < 1.29 is 4.79 Å². The molecule has 1 aliphatic rings. The Hall–Kier alpha value is -2.83. The zero-order valence-corrected chi connectivity index (χ0v) is 17.3. The molecule has 0 N–H and O–H groups in total. The minimum atomic E-state index is -0.0442. The fourth-order valence-corrected chi connectivity index (χ4v) is 5.47. The Morgan fingerprint density at radius 3 is 2.45 bits per heavy atom. The molecule has 1 amide bonds. The number of benzene rings is 2. The van der Waals surface area contributed by atoms with E-state index >= 15 is 0 Å². The second kappa shape index (κ2) is 7.89. The lowest BCUT2D eigenvalue weighted by atomic mass is 10.1. The minimum Gasteiger partial charge on any atom is -0.321 e. The van der Waals surface area contributed by atoms with Gasteiger partial charge in [0.05, 0.1) is 16.3 Å². The number of thioether (sulfide) groups is 1. The smallest absolute Gasteiger partial charge is 0.234 e. The number of para-hydroxylation sites is 1. The van der Waals surface area contributed by atoms with Gasteiger partial charge in [0.25, 0.3) is 0 Å². The summed E-state index contributed by atoms with van der Waals surface area (Å²) in [6.45, 7) is 0.609. The highest BCUT2D eigenvalue weighted by atomic mass is 32.2. The lowest BCUT2D eigenvalue weighted by molar-refractivity contribution is -0.128. The molecule has 0 radical (unpaired) electrons. The van der Waals surface area contributed by atoms with Gasteiger partial charge in [-0.25, -0.2) is 4.68 Å². The van der Waals surface area contributed by atoms with E-state index in [1.165, 1.54) is 0 Å². The SMILES string of the molecule is O=C1CS[C@@H](c2cn(-c3ccccc3)nc2-c2cccs2)N1Cc1ccccc1. The number of nitrogens with zero attached hydrogens (tertiary/aromatic N) is 3. The Morgan fingerprint density at radius 2 is 1.72 bits per heavy atom. The van der Waals surface area contributed by atoms with Crippen LogP contribution in [0, 0.1) is 0 Å². The van der Waals surface area contributed by atoms with Gasteiger partial charge in [0, 0.05) is 18.3 Å². The molecule has 0 saturated carbocycles. The molecule has 6 heteroatoms. The highest BCUT2D eigenvalue weighted by Gasteiger charge is 2.36. The normalized spacial score (nSPS) is 16.5. The van der Waals surface area contributed by atoms with E-state index in [-0.39, 0.29) is 11.3 Å². The van der Waals surface area contributed by atoms with E-state index in [4.69, 9.17) is 5.10 Å². The molecule has 5 rings (SSSR count). The largest absolute Gasteiger partial charge is 0.321 e. The van der Waals surface area contributed by atoms with Gasteiger partial charge in [-0.15, -0.1) is 23.1 Å².